The van der Waals surface area contributed by atoms with E-state index in [4.69, 9.17) is 4.74 Å². The number of halogens is 1. The summed E-state index contributed by atoms with van der Waals surface area (Å²) < 4.78 is 23.6. The van der Waals surface area contributed by atoms with Crippen molar-refractivity contribution in [2.75, 3.05) is 19.6 Å². The van der Waals surface area contributed by atoms with Gasteiger partial charge in [-0.1, -0.05) is 30.3 Å². The molecule has 0 spiro atoms. The normalized spacial score (nSPS) is 18.9. The van der Waals surface area contributed by atoms with Gasteiger partial charge in [0.15, 0.2) is 0 Å². The van der Waals surface area contributed by atoms with E-state index >= 15 is 0 Å². The molecule has 1 aliphatic rings. The van der Waals surface area contributed by atoms with Crippen LogP contribution in [0.15, 0.2) is 77.9 Å². The van der Waals surface area contributed by atoms with Crippen molar-refractivity contribution in [3.8, 4) is 11.4 Å². The van der Waals surface area contributed by atoms with Crippen molar-refractivity contribution in [1.29, 1.82) is 0 Å². The van der Waals surface area contributed by atoms with Gasteiger partial charge in [0.2, 0.25) is 0 Å². The Balaban J connectivity index is 1.27. The van der Waals surface area contributed by atoms with Crippen molar-refractivity contribution in [2.24, 2.45) is 0 Å². The summed E-state index contributed by atoms with van der Waals surface area (Å²) in [4.78, 5) is 14.9. The molecule has 0 saturated carbocycles. The molecule has 2 aromatic carbocycles. The van der Waals surface area contributed by atoms with Gasteiger partial charge in [0.1, 0.15) is 18.0 Å². The van der Waals surface area contributed by atoms with E-state index in [-0.39, 0.29) is 5.56 Å². The molecule has 0 bridgehead atoms. The zero-order valence-electron chi connectivity index (χ0n) is 19.4. The van der Waals surface area contributed by atoms with Crippen LogP contribution in [0.3, 0.4) is 0 Å². The number of ether oxygens (including phenoxy) is 1. The molecule has 6 nitrogen and oxygen atoms in total. The van der Waals surface area contributed by atoms with Gasteiger partial charge in [-0.2, -0.15) is 5.10 Å². The Labute approximate surface area is 198 Å². The number of piperidine rings is 1. The van der Waals surface area contributed by atoms with Gasteiger partial charge in [-0.25, -0.2) is 4.39 Å². The molecule has 3 heterocycles. The molecule has 1 unspecified atom stereocenters. The molecular formula is C27H29FN4O2. The second kappa shape index (κ2) is 9.43. The molecule has 2 aromatic heterocycles. The zero-order valence-corrected chi connectivity index (χ0v) is 19.4. The summed E-state index contributed by atoms with van der Waals surface area (Å²) in [5.74, 6) is 0.543. The van der Waals surface area contributed by atoms with Gasteiger partial charge in [0, 0.05) is 36.4 Å². The van der Waals surface area contributed by atoms with Crippen LogP contribution < -0.4 is 10.3 Å². The number of hydrogen-bond donors (Lipinski definition) is 0. The first-order valence-corrected chi connectivity index (χ1v) is 11.7. The predicted molar refractivity (Wildman–Crippen MR) is 131 cm³/mol. The lowest BCUT2D eigenvalue weighted by atomic mass is 9.97. The van der Waals surface area contributed by atoms with Crippen molar-refractivity contribution >= 4 is 10.9 Å². The van der Waals surface area contributed by atoms with E-state index < -0.39 is 5.67 Å². The number of hydrogen-bond acceptors (Lipinski definition) is 4. The maximum Gasteiger partial charge on any atom is 0.258 e. The topological polar surface area (TPSA) is 52.3 Å². The van der Waals surface area contributed by atoms with Crippen LogP contribution in [0.2, 0.25) is 0 Å². The Kier molecular flexibility index (Phi) is 6.20. The molecule has 1 saturated heterocycles. The minimum atomic E-state index is -1.10. The van der Waals surface area contributed by atoms with Crippen LogP contribution in [0.5, 0.6) is 5.75 Å². The van der Waals surface area contributed by atoms with Crippen LogP contribution in [0.4, 0.5) is 4.39 Å². The number of pyridine rings is 1. The number of fused-ring (bicyclic) bond motifs is 1. The van der Waals surface area contributed by atoms with Crippen molar-refractivity contribution in [2.45, 2.75) is 38.6 Å². The van der Waals surface area contributed by atoms with Gasteiger partial charge < -0.3 is 4.74 Å². The minimum absolute atomic E-state index is 0.156. The van der Waals surface area contributed by atoms with Crippen LogP contribution in [-0.2, 0) is 13.2 Å². The van der Waals surface area contributed by atoms with Crippen LogP contribution in [0.1, 0.15) is 25.3 Å². The fraction of sp³-hybridized carbons (Fsp3) is 0.333. The second-order valence-electron chi connectivity index (χ2n) is 9.25. The Morgan fingerprint density at radius 2 is 1.94 bits per heavy atom. The highest BCUT2D eigenvalue weighted by molar-refractivity contribution is 5.80. The lowest BCUT2D eigenvalue weighted by Gasteiger charge is -2.35. The summed E-state index contributed by atoms with van der Waals surface area (Å²) >= 11 is 0. The van der Waals surface area contributed by atoms with Crippen LogP contribution >= 0.6 is 0 Å². The lowest BCUT2D eigenvalue weighted by molar-refractivity contribution is 0.0583. The number of nitrogens with zero attached hydrogens (tertiary/aromatic N) is 4. The Morgan fingerprint density at radius 3 is 2.74 bits per heavy atom. The van der Waals surface area contributed by atoms with Crippen molar-refractivity contribution in [3.05, 3.63) is 89.0 Å². The molecule has 1 fully saturated rings. The monoisotopic (exact) mass is 460 g/mol. The summed E-state index contributed by atoms with van der Waals surface area (Å²) in [7, 11) is 0. The van der Waals surface area contributed by atoms with Crippen molar-refractivity contribution in [3.63, 3.8) is 0 Å². The smallest absolute Gasteiger partial charge is 0.258 e. The summed E-state index contributed by atoms with van der Waals surface area (Å²) in [5.41, 5.74) is 1.56. The number of rotatable bonds is 7. The molecule has 176 valence electrons. The summed E-state index contributed by atoms with van der Waals surface area (Å²) in [6, 6.07) is 19.0. The Bertz CT molecular complexity index is 1330. The fourth-order valence-electron chi connectivity index (χ4n) is 4.63. The maximum absolute atomic E-state index is 14.3. The highest BCUT2D eigenvalue weighted by atomic mass is 19.1. The number of aromatic nitrogens is 3. The van der Waals surface area contributed by atoms with E-state index in [9.17, 15) is 9.18 Å². The summed E-state index contributed by atoms with van der Waals surface area (Å²) in [6.07, 6.45) is 5.08. The highest BCUT2D eigenvalue weighted by Crippen LogP contribution is 2.24. The SMILES string of the molecule is CC1(F)CCCN(CCn2ncc3cc(-n4ccc(OCc5ccccc5)cc4=O)ccc32)C1. The molecule has 0 aliphatic carbocycles. The molecule has 4 aromatic rings. The molecule has 7 heteroatoms. The molecule has 1 atom stereocenters. The second-order valence-corrected chi connectivity index (χ2v) is 9.25. The lowest BCUT2D eigenvalue weighted by Crippen LogP contribution is -2.44. The number of likely N-dealkylation sites (tertiary alicyclic amines) is 1. The maximum atomic E-state index is 14.3. The van der Waals surface area contributed by atoms with Gasteiger partial charge in [-0.15, -0.1) is 0 Å². The fourth-order valence-corrected chi connectivity index (χ4v) is 4.63. The van der Waals surface area contributed by atoms with Gasteiger partial charge in [0.05, 0.1) is 18.3 Å². The Morgan fingerprint density at radius 1 is 1.09 bits per heavy atom. The van der Waals surface area contributed by atoms with E-state index in [1.807, 2.05) is 59.4 Å². The van der Waals surface area contributed by atoms with E-state index in [2.05, 4.69) is 10.00 Å². The van der Waals surface area contributed by atoms with Gasteiger partial charge in [0.25, 0.3) is 5.56 Å². The van der Waals surface area contributed by atoms with Crippen molar-refractivity contribution in [1.82, 2.24) is 19.2 Å². The average molecular weight is 461 g/mol. The highest BCUT2D eigenvalue weighted by Gasteiger charge is 2.30. The van der Waals surface area contributed by atoms with Crippen molar-refractivity contribution < 1.29 is 9.13 Å². The first kappa shape index (κ1) is 22.3. The van der Waals surface area contributed by atoms with Gasteiger partial charge >= 0.3 is 0 Å². The quantitative estimate of drug-likeness (QED) is 0.405. The summed E-state index contributed by atoms with van der Waals surface area (Å²) in [5, 5.41) is 5.49. The molecule has 0 radical (unpaired) electrons. The van der Waals surface area contributed by atoms with Crippen LogP contribution in [0, 0.1) is 0 Å². The van der Waals surface area contributed by atoms with E-state index in [1.54, 1.807) is 23.8 Å². The average Bonchev–Trinajstić information content (AvgIpc) is 3.24. The van der Waals surface area contributed by atoms with E-state index in [1.165, 1.54) is 6.07 Å². The molecule has 0 amide bonds. The van der Waals surface area contributed by atoms with Gasteiger partial charge in [-0.3, -0.25) is 18.9 Å². The van der Waals surface area contributed by atoms with E-state index in [0.717, 1.165) is 41.7 Å². The molecule has 5 rings (SSSR count). The van der Waals surface area contributed by atoms with Gasteiger partial charge in [-0.05, 0) is 56.1 Å². The third-order valence-corrected chi connectivity index (χ3v) is 6.40. The Hall–Kier alpha value is -3.45. The third kappa shape index (κ3) is 5.04. The minimum Gasteiger partial charge on any atom is -0.489 e. The zero-order chi connectivity index (χ0) is 23.5. The predicted octanol–water partition coefficient (Wildman–Crippen LogP) is 4.59. The van der Waals surface area contributed by atoms with E-state index in [0.29, 0.717) is 31.9 Å². The summed E-state index contributed by atoms with van der Waals surface area (Å²) in [6.45, 7) is 4.97. The third-order valence-electron chi connectivity index (χ3n) is 6.40. The molecule has 0 N–H and O–H groups in total. The standard InChI is InChI=1S/C27H29FN4O2/c1-27(28)11-5-12-30(20-27)14-15-32-25-9-8-23(16-22(25)18-29-32)31-13-10-24(17-26(31)33)34-19-21-6-3-2-4-7-21/h2-4,6-10,13,16-18H,5,11-12,14-15,19-20H2,1H3. The first-order chi connectivity index (χ1) is 16.5. The number of alkyl halides is 1. The van der Waals surface area contributed by atoms with Crippen LogP contribution in [0.25, 0.3) is 16.6 Å². The molecule has 34 heavy (non-hydrogen) atoms. The largest absolute Gasteiger partial charge is 0.489 e. The van der Waals surface area contributed by atoms with Crippen LogP contribution in [-0.4, -0.2) is 44.6 Å². The number of benzene rings is 2. The molecule has 1 aliphatic heterocycles. The molecular weight excluding hydrogens is 431 g/mol. The first-order valence-electron chi connectivity index (χ1n) is 11.7.